The Hall–Kier alpha value is -5.70. The van der Waals surface area contributed by atoms with Gasteiger partial charge in [0.2, 0.25) is 12.7 Å². The Labute approximate surface area is 258 Å². The van der Waals surface area contributed by atoms with E-state index in [1.807, 2.05) is 65.6 Å². The van der Waals surface area contributed by atoms with Crippen LogP contribution in [-0.2, 0) is 15.0 Å². The van der Waals surface area contributed by atoms with Crippen molar-refractivity contribution >= 4 is 40.9 Å². The fourth-order valence-electron chi connectivity index (χ4n) is 7.37. The number of hydrogen-bond acceptors (Lipinski definition) is 8. The zero-order valence-corrected chi connectivity index (χ0v) is 24.1. The first kappa shape index (κ1) is 26.9. The second kappa shape index (κ2) is 9.92. The summed E-state index contributed by atoms with van der Waals surface area (Å²) in [6.07, 6.45) is 3.89. The van der Waals surface area contributed by atoms with Crippen molar-refractivity contribution in [3.63, 3.8) is 0 Å². The molecule has 1 amide bonds. The Morgan fingerprint density at radius 1 is 0.867 bits per heavy atom. The molecule has 0 aliphatic carbocycles. The lowest BCUT2D eigenvalue weighted by atomic mass is 9.64. The Kier molecular flexibility index (Phi) is 5.93. The Balaban J connectivity index is 1.36. The minimum Gasteiger partial charge on any atom is -0.454 e. The van der Waals surface area contributed by atoms with Crippen molar-refractivity contribution < 1.29 is 33.4 Å². The number of nitrogens with one attached hydrogen (secondary N) is 1. The number of nitrogens with zero attached hydrogens (tertiary/aromatic N) is 1. The Morgan fingerprint density at radius 3 is 2.42 bits per heavy atom. The van der Waals surface area contributed by atoms with Crippen LogP contribution in [0.5, 0.6) is 17.2 Å². The van der Waals surface area contributed by atoms with Crippen molar-refractivity contribution in [3.05, 3.63) is 119 Å². The third-order valence-corrected chi connectivity index (χ3v) is 9.15. The first-order valence-corrected chi connectivity index (χ1v) is 14.6. The quantitative estimate of drug-likeness (QED) is 0.190. The van der Waals surface area contributed by atoms with Crippen molar-refractivity contribution in [2.45, 2.75) is 24.4 Å². The second-order valence-electron chi connectivity index (χ2n) is 11.5. The molecule has 4 aliphatic heterocycles. The molecule has 1 spiro atoms. The number of carbonyl (C=O) groups is 4. The first-order valence-electron chi connectivity index (χ1n) is 14.6. The lowest BCUT2D eigenvalue weighted by molar-refractivity contribution is -0.131. The molecule has 8 rings (SSSR count). The standard InChI is InChI=1S/C36H26N2O7/c1-20(39)45-24-14-10-22(11-15-24)34(41)32-31(33(40)23-12-16-28-29(18-23)44-19-43-28)36(25-7-3-4-8-26(25)37-35(36)42)30-17-13-21-6-2-5-9-27(21)38(30)32/h2-18,30-32H,19H2,1H3,(H,37,42)/t30-,31+,32+,36-/m1/s1. The van der Waals surface area contributed by atoms with Gasteiger partial charge in [-0.05, 0) is 65.7 Å². The van der Waals surface area contributed by atoms with Crippen LogP contribution in [0.3, 0.4) is 0 Å². The van der Waals surface area contributed by atoms with E-state index < -0.39 is 29.4 Å². The van der Waals surface area contributed by atoms with Gasteiger partial charge < -0.3 is 24.4 Å². The molecule has 1 N–H and O–H groups in total. The maximum absolute atomic E-state index is 15.0. The smallest absolute Gasteiger partial charge is 0.308 e. The number of benzene rings is 4. The zero-order chi connectivity index (χ0) is 30.9. The first-order chi connectivity index (χ1) is 21.9. The van der Waals surface area contributed by atoms with Gasteiger partial charge in [-0.15, -0.1) is 0 Å². The molecule has 1 fully saturated rings. The number of Topliss-reactive ketones (excluding diaryl/α,β-unsaturated/α-hetero) is 2. The lowest BCUT2D eigenvalue weighted by Gasteiger charge is -2.37. The van der Waals surface area contributed by atoms with Gasteiger partial charge in [0.1, 0.15) is 17.2 Å². The molecule has 0 bridgehead atoms. The normalized spacial score (nSPS) is 23.3. The average molecular weight is 599 g/mol. The van der Waals surface area contributed by atoms with Crippen LogP contribution >= 0.6 is 0 Å². The van der Waals surface area contributed by atoms with E-state index in [1.54, 1.807) is 42.5 Å². The molecule has 0 saturated carbocycles. The van der Waals surface area contributed by atoms with E-state index in [2.05, 4.69) is 5.32 Å². The van der Waals surface area contributed by atoms with E-state index in [9.17, 15) is 14.4 Å². The molecule has 1 saturated heterocycles. The van der Waals surface area contributed by atoms with E-state index in [0.717, 1.165) is 11.3 Å². The zero-order valence-electron chi connectivity index (χ0n) is 24.1. The van der Waals surface area contributed by atoms with Gasteiger partial charge in [-0.25, -0.2) is 0 Å². The monoisotopic (exact) mass is 598 g/mol. The van der Waals surface area contributed by atoms with Crippen molar-refractivity contribution in [2.75, 3.05) is 17.0 Å². The van der Waals surface area contributed by atoms with E-state index in [-0.39, 0.29) is 24.3 Å². The Morgan fingerprint density at radius 2 is 1.60 bits per heavy atom. The van der Waals surface area contributed by atoms with Crippen LogP contribution in [0.4, 0.5) is 11.4 Å². The molecule has 4 aromatic carbocycles. The van der Waals surface area contributed by atoms with E-state index >= 15 is 4.79 Å². The third-order valence-electron chi connectivity index (χ3n) is 9.15. The highest BCUT2D eigenvalue weighted by molar-refractivity contribution is 6.18. The summed E-state index contributed by atoms with van der Waals surface area (Å²) in [6, 6.07) is 24.5. The summed E-state index contributed by atoms with van der Waals surface area (Å²) in [5, 5.41) is 3.03. The number of anilines is 2. The fourth-order valence-corrected chi connectivity index (χ4v) is 7.37. The van der Waals surface area contributed by atoms with Crippen LogP contribution in [0.2, 0.25) is 0 Å². The summed E-state index contributed by atoms with van der Waals surface area (Å²) in [4.78, 5) is 57.8. The van der Waals surface area contributed by atoms with Crippen molar-refractivity contribution in [2.24, 2.45) is 5.92 Å². The number of amides is 1. The van der Waals surface area contributed by atoms with Crippen LogP contribution in [0.25, 0.3) is 6.08 Å². The maximum Gasteiger partial charge on any atom is 0.308 e. The minimum atomic E-state index is -1.44. The topological polar surface area (TPSA) is 111 Å². The molecule has 45 heavy (non-hydrogen) atoms. The number of para-hydroxylation sites is 2. The number of hydrogen-bond donors (Lipinski definition) is 1. The number of carbonyl (C=O) groups excluding carboxylic acids is 4. The SMILES string of the molecule is CC(=O)Oc1ccc(C(=O)[C@@H]2[C@@H](C(=O)c3ccc4c(c3)OCO4)[C@]3(C(=O)Nc4ccccc43)[C@H]3C=Cc4ccccc4N23)cc1. The van der Waals surface area contributed by atoms with Crippen LogP contribution in [-0.4, -0.2) is 42.3 Å². The van der Waals surface area contributed by atoms with Gasteiger partial charge in [-0.2, -0.15) is 0 Å². The number of ketones is 2. The molecule has 4 aromatic rings. The molecule has 4 atom stereocenters. The van der Waals surface area contributed by atoms with Crippen molar-refractivity contribution in [1.82, 2.24) is 0 Å². The molecule has 0 radical (unpaired) electrons. The summed E-state index contributed by atoms with van der Waals surface area (Å²) >= 11 is 0. The molecule has 9 nitrogen and oxygen atoms in total. The number of fused-ring (bicyclic) bond motifs is 7. The number of esters is 1. The molecule has 4 heterocycles. The minimum absolute atomic E-state index is 0.0397. The average Bonchev–Trinajstić information content (AvgIpc) is 3.73. The predicted octanol–water partition coefficient (Wildman–Crippen LogP) is 5.20. The third kappa shape index (κ3) is 3.86. The highest BCUT2D eigenvalue weighted by atomic mass is 16.7. The number of ether oxygens (including phenoxy) is 3. The van der Waals surface area contributed by atoms with Crippen molar-refractivity contribution in [1.29, 1.82) is 0 Å². The van der Waals surface area contributed by atoms with Crippen LogP contribution in [0.15, 0.2) is 97.1 Å². The number of rotatable bonds is 5. The molecule has 9 heteroatoms. The second-order valence-corrected chi connectivity index (χ2v) is 11.5. The highest BCUT2D eigenvalue weighted by Gasteiger charge is 2.70. The summed E-state index contributed by atoms with van der Waals surface area (Å²) < 4.78 is 16.3. The molecule has 0 unspecified atom stereocenters. The van der Waals surface area contributed by atoms with E-state index in [4.69, 9.17) is 14.2 Å². The van der Waals surface area contributed by atoms with Gasteiger partial charge in [0.15, 0.2) is 23.1 Å². The Bertz CT molecular complexity index is 1970. The summed E-state index contributed by atoms with van der Waals surface area (Å²) in [7, 11) is 0. The van der Waals surface area contributed by atoms with E-state index in [0.29, 0.717) is 39.6 Å². The van der Waals surface area contributed by atoms with E-state index in [1.165, 1.54) is 6.92 Å². The molecular formula is C36H26N2O7. The molecule has 4 aliphatic rings. The van der Waals surface area contributed by atoms with Gasteiger partial charge in [0.05, 0.1) is 12.0 Å². The molecule has 0 aromatic heterocycles. The van der Waals surface area contributed by atoms with Crippen LogP contribution in [0, 0.1) is 5.92 Å². The summed E-state index contributed by atoms with van der Waals surface area (Å²) in [5.41, 5.74) is 2.07. The largest absolute Gasteiger partial charge is 0.454 e. The maximum atomic E-state index is 15.0. The predicted molar refractivity (Wildman–Crippen MR) is 165 cm³/mol. The molecule has 222 valence electrons. The molecular weight excluding hydrogens is 572 g/mol. The fraction of sp³-hybridized carbons (Fsp3) is 0.167. The van der Waals surface area contributed by atoms with Gasteiger partial charge in [0.25, 0.3) is 0 Å². The van der Waals surface area contributed by atoms with Crippen LogP contribution < -0.4 is 24.4 Å². The summed E-state index contributed by atoms with van der Waals surface area (Å²) in [5.74, 6) is -1.43. The lowest BCUT2D eigenvalue weighted by Crippen LogP contribution is -2.51. The van der Waals surface area contributed by atoms with Gasteiger partial charge in [0, 0.05) is 29.4 Å². The summed E-state index contributed by atoms with van der Waals surface area (Å²) in [6.45, 7) is 1.34. The highest BCUT2D eigenvalue weighted by Crippen LogP contribution is 2.58. The van der Waals surface area contributed by atoms with Crippen molar-refractivity contribution in [3.8, 4) is 17.2 Å². The van der Waals surface area contributed by atoms with Gasteiger partial charge in [-0.3, -0.25) is 19.2 Å². The van der Waals surface area contributed by atoms with Gasteiger partial charge >= 0.3 is 5.97 Å². The van der Waals surface area contributed by atoms with Gasteiger partial charge in [-0.1, -0.05) is 48.6 Å². The van der Waals surface area contributed by atoms with Crippen LogP contribution in [0.1, 0.15) is 38.8 Å².